The number of benzene rings is 1. The molecule has 0 bridgehead atoms. The number of nitrogens with zero attached hydrogens (tertiary/aromatic N) is 2. The van der Waals surface area contributed by atoms with E-state index >= 15 is 0 Å². The number of hydrogen-bond acceptors (Lipinski definition) is 3. The van der Waals surface area contributed by atoms with Crippen LogP contribution in [0.3, 0.4) is 0 Å². The third kappa shape index (κ3) is 2.01. The van der Waals surface area contributed by atoms with Gasteiger partial charge in [0.15, 0.2) is 0 Å². The molecule has 96 valence electrons. The predicted octanol–water partition coefficient (Wildman–Crippen LogP) is 3.44. The van der Waals surface area contributed by atoms with Crippen LogP contribution in [0.5, 0.6) is 0 Å². The highest BCUT2D eigenvalue weighted by Gasteiger charge is 2.24. The number of aromatic nitrogens is 1. The Bertz CT molecular complexity index is 561. The van der Waals surface area contributed by atoms with Crippen LogP contribution in [0.4, 0.5) is 11.4 Å². The van der Waals surface area contributed by atoms with Gasteiger partial charge in [-0.3, -0.25) is 4.98 Å². The van der Waals surface area contributed by atoms with Gasteiger partial charge in [0.05, 0.1) is 23.1 Å². The summed E-state index contributed by atoms with van der Waals surface area (Å²) >= 11 is 0. The Labute approximate surface area is 109 Å². The lowest BCUT2D eigenvalue weighted by Gasteiger charge is -2.38. The normalized spacial score (nSPS) is 11.8. The molecule has 0 aliphatic rings. The molecule has 2 rings (SSSR count). The first-order chi connectivity index (χ1) is 8.47. The predicted molar refractivity (Wildman–Crippen MR) is 78.9 cm³/mol. The summed E-state index contributed by atoms with van der Waals surface area (Å²) in [5.41, 5.74) is 9.00. The van der Waals surface area contributed by atoms with Crippen LogP contribution in [0.1, 0.15) is 27.2 Å². The van der Waals surface area contributed by atoms with Gasteiger partial charge >= 0.3 is 0 Å². The topological polar surface area (TPSA) is 42.1 Å². The van der Waals surface area contributed by atoms with Gasteiger partial charge in [0.1, 0.15) is 0 Å². The molecule has 0 saturated carbocycles. The van der Waals surface area contributed by atoms with Gasteiger partial charge in [0.25, 0.3) is 0 Å². The first-order valence-electron chi connectivity index (χ1n) is 6.34. The number of nitrogens with two attached hydrogens (primary N) is 1. The van der Waals surface area contributed by atoms with Crippen LogP contribution in [0.25, 0.3) is 10.9 Å². The third-order valence-electron chi connectivity index (χ3n) is 3.88. The van der Waals surface area contributed by atoms with Crippen LogP contribution >= 0.6 is 0 Å². The lowest BCUT2D eigenvalue weighted by atomic mass is 9.98. The van der Waals surface area contributed by atoms with E-state index in [2.05, 4.69) is 43.8 Å². The molecule has 3 heteroatoms. The van der Waals surface area contributed by atoms with E-state index in [9.17, 15) is 0 Å². The van der Waals surface area contributed by atoms with Crippen molar-refractivity contribution in [3.05, 3.63) is 30.5 Å². The number of pyridine rings is 1. The summed E-state index contributed by atoms with van der Waals surface area (Å²) in [6.45, 7) is 6.64. The Morgan fingerprint density at radius 3 is 2.61 bits per heavy atom. The average Bonchev–Trinajstić information content (AvgIpc) is 2.38. The molecule has 0 aliphatic carbocycles. The van der Waals surface area contributed by atoms with Crippen LogP contribution in [0.2, 0.25) is 0 Å². The lowest BCUT2D eigenvalue weighted by molar-refractivity contribution is 0.472. The molecule has 1 heterocycles. The minimum atomic E-state index is 0.0677. The number of fused-ring (bicyclic) bond motifs is 1. The maximum Gasteiger partial charge on any atom is 0.0745 e. The van der Waals surface area contributed by atoms with Crippen molar-refractivity contribution < 1.29 is 0 Å². The van der Waals surface area contributed by atoms with E-state index in [0.29, 0.717) is 0 Å². The van der Waals surface area contributed by atoms with Gasteiger partial charge in [-0.05, 0) is 26.3 Å². The van der Waals surface area contributed by atoms with E-state index in [-0.39, 0.29) is 5.54 Å². The molecule has 18 heavy (non-hydrogen) atoms. The van der Waals surface area contributed by atoms with Gasteiger partial charge in [-0.2, -0.15) is 0 Å². The summed E-state index contributed by atoms with van der Waals surface area (Å²) < 4.78 is 0. The second-order valence-electron chi connectivity index (χ2n) is 5.30. The fourth-order valence-corrected chi connectivity index (χ4v) is 2.06. The minimum Gasteiger partial charge on any atom is -0.396 e. The molecule has 3 nitrogen and oxygen atoms in total. The summed E-state index contributed by atoms with van der Waals surface area (Å²) in [6, 6.07) is 8.13. The molecule has 2 N–H and O–H groups in total. The van der Waals surface area contributed by atoms with Crippen molar-refractivity contribution in [2.24, 2.45) is 0 Å². The third-order valence-corrected chi connectivity index (χ3v) is 3.88. The molecular formula is C15H21N3. The highest BCUT2D eigenvalue weighted by atomic mass is 15.2. The molecule has 1 aromatic carbocycles. The SMILES string of the molecule is CCC(C)(C)N(C)c1c(N)cnc2ccccc12. The first-order valence-corrected chi connectivity index (χ1v) is 6.34. The standard InChI is InChI=1S/C15H21N3/c1-5-15(2,3)18(4)14-11-8-6-7-9-13(11)17-10-12(14)16/h6-10H,5,16H2,1-4H3. The number of nitrogen functional groups attached to an aromatic ring is 1. The van der Waals surface area contributed by atoms with Crippen LogP contribution in [0, 0.1) is 0 Å². The zero-order valence-corrected chi connectivity index (χ0v) is 11.6. The summed E-state index contributed by atoms with van der Waals surface area (Å²) in [6.07, 6.45) is 2.81. The van der Waals surface area contributed by atoms with E-state index in [0.717, 1.165) is 28.7 Å². The van der Waals surface area contributed by atoms with Crippen LogP contribution in [-0.4, -0.2) is 17.6 Å². The number of hydrogen-bond donors (Lipinski definition) is 1. The Kier molecular flexibility index (Phi) is 3.16. The smallest absolute Gasteiger partial charge is 0.0745 e. The average molecular weight is 243 g/mol. The van der Waals surface area contributed by atoms with Crippen molar-refractivity contribution in [3.63, 3.8) is 0 Å². The van der Waals surface area contributed by atoms with Gasteiger partial charge in [0, 0.05) is 18.0 Å². The molecule has 0 amide bonds. The molecule has 0 unspecified atom stereocenters. The highest BCUT2D eigenvalue weighted by Crippen LogP contribution is 2.35. The summed E-state index contributed by atoms with van der Waals surface area (Å²) in [5.74, 6) is 0. The number of anilines is 2. The Morgan fingerprint density at radius 1 is 1.28 bits per heavy atom. The Hall–Kier alpha value is -1.77. The second kappa shape index (κ2) is 4.48. The summed E-state index contributed by atoms with van der Waals surface area (Å²) in [5, 5.41) is 1.11. The molecule has 0 radical (unpaired) electrons. The zero-order chi connectivity index (χ0) is 13.3. The zero-order valence-electron chi connectivity index (χ0n) is 11.6. The Balaban J connectivity index is 2.66. The number of rotatable bonds is 3. The van der Waals surface area contributed by atoms with Crippen molar-refractivity contribution in [1.29, 1.82) is 0 Å². The van der Waals surface area contributed by atoms with E-state index in [4.69, 9.17) is 5.73 Å². The van der Waals surface area contributed by atoms with Crippen LogP contribution in [0.15, 0.2) is 30.5 Å². The molecule has 2 aromatic rings. The van der Waals surface area contributed by atoms with Gasteiger partial charge in [-0.15, -0.1) is 0 Å². The lowest BCUT2D eigenvalue weighted by Crippen LogP contribution is -2.41. The quantitative estimate of drug-likeness (QED) is 0.898. The van der Waals surface area contributed by atoms with E-state index in [1.54, 1.807) is 6.20 Å². The van der Waals surface area contributed by atoms with Gasteiger partial charge in [0.2, 0.25) is 0 Å². The van der Waals surface area contributed by atoms with E-state index in [1.807, 2.05) is 18.2 Å². The molecule has 0 saturated heterocycles. The molecule has 0 aliphatic heterocycles. The number of para-hydroxylation sites is 1. The maximum absolute atomic E-state index is 6.13. The Morgan fingerprint density at radius 2 is 1.94 bits per heavy atom. The molecule has 1 aromatic heterocycles. The molecular weight excluding hydrogens is 222 g/mol. The van der Waals surface area contributed by atoms with Gasteiger partial charge in [-0.1, -0.05) is 25.1 Å². The summed E-state index contributed by atoms with van der Waals surface area (Å²) in [7, 11) is 2.10. The van der Waals surface area contributed by atoms with Crippen molar-refractivity contribution in [1.82, 2.24) is 4.98 Å². The van der Waals surface area contributed by atoms with Gasteiger partial charge in [-0.25, -0.2) is 0 Å². The maximum atomic E-state index is 6.13. The monoisotopic (exact) mass is 243 g/mol. The van der Waals surface area contributed by atoms with Crippen LogP contribution < -0.4 is 10.6 Å². The minimum absolute atomic E-state index is 0.0677. The summed E-state index contributed by atoms with van der Waals surface area (Å²) in [4.78, 5) is 6.64. The van der Waals surface area contributed by atoms with Gasteiger partial charge < -0.3 is 10.6 Å². The molecule has 0 spiro atoms. The van der Waals surface area contributed by atoms with E-state index in [1.165, 1.54) is 0 Å². The molecule has 0 atom stereocenters. The second-order valence-corrected chi connectivity index (χ2v) is 5.30. The van der Waals surface area contributed by atoms with Crippen molar-refractivity contribution in [2.45, 2.75) is 32.7 Å². The van der Waals surface area contributed by atoms with Crippen molar-refractivity contribution in [3.8, 4) is 0 Å². The fourth-order valence-electron chi connectivity index (χ4n) is 2.06. The van der Waals surface area contributed by atoms with Crippen molar-refractivity contribution in [2.75, 3.05) is 17.7 Å². The van der Waals surface area contributed by atoms with E-state index < -0.39 is 0 Å². The first kappa shape index (κ1) is 12.7. The van der Waals surface area contributed by atoms with Crippen molar-refractivity contribution >= 4 is 22.3 Å². The van der Waals surface area contributed by atoms with Crippen LogP contribution in [-0.2, 0) is 0 Å². The largest absolute Gasteiger partial charge is 0.396 e. The molecule has 0 fully saturated rings. The fraction of sp³-hybridized carbons (Fsp3) is 0.400. The highest BCUT2D eigenvalue weighted by molar-refractivity contribution is 5.97.